The maximum absolute atomic E-state index is 12.1. The SMILES string of the molecule is CCCCNC(=O)C(C)(C)COc1cccc([N+](=O)[O-])c1C#N. The predicted molar refractivity (Wildman–Crippen MR) is 85.0 cm³/mol. The highest BCUT2D eigenvalue weighted by atomic mass is 16.6. The number of carbonyl (C=O) groups is 1. The molecule has 0 bridgehead atoms. The zero-order chi connectivity index (χ0) is 17.5. The fraction of sp³-hybridized carbons (Fsp3) is 0.500. The maximum atomic E-state index is 12.1. The Hall–Kier alpha value is -2.62. The topological polar surface area (TPSA) is 105 Å². The molecule has 0 saturated heterocycles. The van der Waals surface area contributed by atoms with E-state index in [1.165, 1.54) is 18.2 Å². The number of benzene rings is 1. The molecule has 1 aromatic rings. The van der Waals surface area contributed by atoms with Crippen molar-refractivity contribution in [1.82, 2.24) is 5.32 Å². The Kier molecular flexibility index (Phi) is 6.51. The highest BCUT2D eigenvalue weighted by Gasteiger charge is 2.29. The average molecular weight is 319 g/mol. The van der Waals surface area contributed by atoms with E-state index in [0.717, 1.165) is 12.8 Å². The number of nitriles is 1. The lowest BCUT2D eigenvalue weighted by atomic mass is 9.93. The maximum Gasteiger partial charge on any atom is 0.290 e. The van der Waals surface area contributed by atoms with Crippen LogP contribution in [0.2, 0.25) is 0 Å². The van der Waals surface area contributed by atoms with E-state index in [1.807, 2.05) is 6.92 Å². The van der Waals surface area contributed by atoms with Gasteiger partial charge in [-0.15, -0.1) is 0 Å². The Morgan fingerprint density at radius 2 is 2.17 bits per heavy atom. The van der Waals surface area contributed by atoms with Gasteiger partial charge in [-0.3, -0.25) is 14.9 Å². The van der Waals surface area contributed by atoms with Gasteiger partial charge in [0.25, 0.3) is 5.69 Å². The molecule has 124 valence electrons. The van der Waals surface area contributed by atoms with Gasteiger partial charge in [0.05, 0.1) is 10.3 Å². The van der Waals surface area contributed by atoms with Gasteiger partial charge < -0.3 is 10.1 Å². The highest BCUT2D eigenvalue weighted by molar-refractivity contribution is 5.81. The lowest BCUT2D eigenvalue weighted by molar-refractivity contribution is -0.385. The summed E-state index contributed by atoms with van der Waals surface area (Å²) in [4.78, 5) is 22.4. The molecule has 0 atom stereocenters. The molecule has 0 aliphatic carbocycles. The zero-order valence-electron chi connectivity index (χ0n) is 13.6. The highest BCUT2D eigenvalue weighted by Crippen LogP contribution is 2.28. The fourth-order valence-corrected chi connectivity index (χ4v) is 1.85. The van der Waals surface area contributed by atoms with E-state index in [9.17, 15) is 14.9 Å². The van der Waals surface area contributed by atoms with E-state index in [-0.39, 0.29) is 29.5 Å². The average Bonchev–Trinajstić information content (AvgIpc) is 2.52. The number of unbranched alkanes of at least 4 members (excludes halogenated alkanes) is 1. The number of rotatable bonds is 8. The molecule has 23 heavy (non-hydrogen) atoms. The molecule has 1 rings (SSSR count). The van der Waals surface area contributed by atoms with Crippen LogP contribution in [0.1, 0.15) is 39.2 Å². The van der Waals surface area contributed by atoms with Crippen molar-refractivity contribution in [3.05, 3.63) is 33.9 Å². The number of ether oxygens (including phenoxy) is 1. The molecule has 0 saturated carbocycles. The first-order valence-corrected chi connectivity index (χ1v) is 7.42. The van der Waals surface area contributed by atoms with Crippen LogP contribution in [0.25, 0.3) is 0 Å². The molecule has 0 fully saturated rings. The van der Waals surface area contributed by atoms with Crippen LogP contribution in [0.4, 0.5) is 5.69 Å². The Morgan fingerprint density at radius 1 is 1.48 bits per heavy atom. The van der Waals surface area contributed by atoms with Gasteiger partial charge in [0.2, 0.25) is 5.91 Å². The molecular formula is C16H21N3O4. The fourth-order valence-electron chi connectivity index (χ4n) is 1.85. The van der Waals surface area contributed by atoms with Crippen molar-refractivity contribution in [2.75, 3.05) is 13.2 Å². The van der Waals surface area contributed by atoms with Gasteiger partial charge >= 0.3 is 0 Å². The minimum atomic E-state index is -0.814. The molecule has 1 aromatic carbocycles. The molecular weight excluding hydrogens is 298 g/mol. The van der Waals surface area contributed by atoms with Crippen LogP contribution in [0.15, 0.2) is 18.2 Å². The van der Waals surface area contributed by atoms with E-state index in [4.69, 9.17) is 10.00 Å². The molecule has 0 aromatic heterocycles. The molecule has 1 N–H and O–H groups in total. The quantitative estimate of drug-likeness (QED) is 0.450. The van der Waals surface area contributed by atoms with Crippen molar-refractivity contribution in [3.63, 3.8) is 0 Å². The van der Waals surface area contributed by atoms with Crippen molar-refractivity contribution in [2.24, 2.45) is 5.41 Å². The second-order valence-electron chi connectivity index (χ2n) is 5.80. The molecule has 1 amide bonds. The van der Waals surface area contributed by atoms with Crippen molar-refractivity contribution >= 4 is 11.6 Å². The van der Waals surface area contributed by atoms with Gasteiger partial charge in [-0.25, -0.2) is 0 Å². The van der Waals surface area contributed by atoms with Gasteiger partial charge in [-0.2, -0.15) is 5.26 Å². The third-order valence-corrected chi connectivity index (χ3v) is 3.33. The van der Waals surface area contributed by atoms with Crippen LogP contribution in [-0.4, -0.2) is 24.0 Å². The van der Waals surface area contributed by atoms with Crippen LogP contribution in [0, 0.1) is 26.9 Å². The summed E-state index contributed by atoms with van der Waals surface area (Å²) in [5.41, 5.74) is -1.26. The van der Waals surface area contributed by atoms with Crippen molar-refractivity contribution in [1.29, 1.82) is 5.26 Å². The summed E-state index contributed by atoms with van der Waals surface area (Å²) in [6, 6.07) is 5.96. The second kappa shape index (κ2) is 8.13. The normalized spacial score (nSPS) is 10.7. The van der Waals surface area contributed by atoms with Gasteiger partial charge in [0, 0.05) is 12.6 Å². The molecule has 0 aliphatic rings. The van der Waals surface area contributed by atoms with Crippen LogP contribution >= 0.6 is 0 Å². The smallest absolute Gasteiger partial charge is 0.290 e. The molecule has 7 heteroatoms. The summed E-state index contributed by atoms with van der Waals surface area (Å²) in [6.07, 6.45) is 1.88. The summed E-state index contributed by atoms with van der Waals surface area (Å²) in [5, 5.41) is 22.9. The number of hydrogen-bond donors (Lipinski definition) is 1. The summed E-state index contributed by atoms with van der Waals surface area (Å²) in [7, 11) is 0. The van der Waals surface area contributed by atoms with Crippen molar-refractivity contribution in [3.8, 4) is 11.8 Å². The third-order valence-electron chi connectivity index (χ3n) is 3.33. The van der Waals surface area contributed by atoms with Gasteiger partial charge in [-0.1, -0.05) is 19.4 Å². The predicted octanol–water partition coefficient (Wildman–Crippen LogP) is 2.79. The number of nitrogens with zero attached hydrogens (tertiary/aromatic N) is 2. The second-order valence-corrected chi connectivity index (χ2v) is 5.80. The lowest BCUT2D eigenvalue weighted by Gasteiger charge is -2.24. The molecule has 0 radical (unpaired) electrons. The first-order valence-electron chi connectivity index (χ1n) is 7.42. The summed E-state index contributed by atoms with van der Waals surface area (Å²) < 4.78 is 5.52. The van der Waals surface area contributed by atoms with Gasteiger partial charge in [0.15, 0.2) is 5.56 Å². The lowest BCUT2D eigenvalue weighted by Crippen LogP contribution is -2.41. The number of nitrogens with one attached hydrogen (secondary N) is 1. The first kappa shape index (κ1) is 18.4. The van der Waals surface area contributed by atoms with E-state index in [2.05, 4.69) is 5.32 Å². The van der Waals surface area contributed by atoms with Crippen LogP contribution < -0.4 is 10.1 Å². The standard InChI is InChI=1S/C16H21N3O4/c1-4-5-9-18-15(20)16(2,3)11-23-14-8-6-7-13(19(21)22)12(14)10-17/h6-8H,4-5,9,11H2,1-3H3,(H,18,20). The first-order chi connectivity index (χ1) is 10.8. The Balaban J connectivity index is 2.81. The number of nitro benzene ring substituents is 1. The number of carbonyl (C=O) groups excluding carboxylic acids is 1. The number of amides is 1. The molecule has 0 aliphatic heterocycles. The largest absolute Gasteiger partial charge is 0.491 e. The van der Waals surface area contributed by atoms with E-state index in [0.29, 0.717) is 6.54 Å². The number of nitro groups is 1. The van der Waals surface area contributed by atoms with Crippen LogP contribution in [0.3, 0.4) is 0 Å². The van der Waals surface area contributed by atoms with Crippen LogP contribution in [-0.2, 0) is 4.79 Å². The Bertz CT molecular complexity index is 620. The van der Waals surface area contributed by atoms with Gasteiger partial charge in [-0.05, 0) is 26.3 Å². The molecule has 7 nitrogen and oxygen atoms in total. The molecule has 0 spiro atoms. The third kappa shape index (κ3) is 4.95. The van der Waals surface area contributed by atoms with E-state index < -0.39 is 10.3 Å². The van der Waals surface area contributed by atoms with E-state index >= 15 is 0 Å². The summed E-state index contributed by atoms with van der Waals surface area (Å²) >= 11 is 0. The minimum absolute atomic E-state index is 0.0147. The minimum Gasteiger partial charge on any atom is -0.491 e. The Morgan fingerprint density at radius 3 is 2.74 bits per heavy atom. The molecule has 0 unspecified atom stereocenters. The van der Waals surface area contributed by atoms with E-state index in [1.54, 1.807) is 19.9 Å². The van der Waals surface area contributed by atoms with Crippen molar-refractivity contribution in [2.45, 2.75) is 33.6 Å². The monoisotopic (exact) mass is 319 g/mol. The van der Waals surface area contributed by atoms with Crippen molar-refractivity contribution < 1.29 is 14.5 Å². The van der Waals surface area contributed by atoms with Crippen LogP contribution in [0.5, 0.6) is 5.75 Å². The van der Waals surface area contributed by atoms with Gasteiger partial charge in [0.1, 0.15) is 18.4 Å². The zero-order valence-corrected chi connectivity index (χ0v) is 13.6. The summed E-state index contributed by atoms with van der Waals surface area (Å²) in [5.74, 6) is -0.0500. The molecule has 0 heterocycles. The number of hydrogen-bond acceptors (Lipinski definition) is 5. The summed E-state index contributed by atoms with van der Waals surface area (Å²) in [6.45, 7) is 6.08. The Labute approximate surface area is 135 Å².